The molecule has 0 bridgehead atoms. The maximum Gasteiger partial charge on any atom is 0.314 e. The van der Waals surface area contributed by atoms with Gasteiger partial charge < -0.3 is 10.1 Å². The van der Waals surface area contributed by atoms with Crippen LogP contribution in [-0.2, 0) is 14.3 Å². The second-order valence-corrected chi connectivity index (χ2v) is 7.62. The van der Waals surface area contributed by atoms with E-state index in [9.17, 15) is 14.9 Å². The Balaban J connectivity index is 1.96. The van der Waals surface area contributed by atoms with Crippen molar-refractivity contribution in [1.29, 1.82) is 5.26 Å². The van der Waals surface area contributed by atoms with E-state index in [1.165, 1.54) is 0 Å². The molecular formula is C20H25ClN2O3. The van der Waals surface area contributed by atoms with Gasteiger partial charge in [0, 0.05) is 5.02 Å². The maximum atomic E-state index is 12.5. The molecule has 1 aromatic carbocycles. The lowest BCUT2D eigenvalue weighted by Gasteiger charge is -2.31. The first-order valence-electron chi connectivity index (χ1n) is 9.01. The van der Waals surface area contributed by atoms with Crippen molar-refractivity contribution in [1.82, 2.24) is 5.32 Å². The van der Waals surface area contributed by atoms with Crippen LogP contribution in [0.15, 0.2) is 24.3 Å². The first-order valence-corrected chi connectivity index (χ1v) is 9.39. The summed E-state index contributed by atoms with van der Waals surface area (Å²) >= 11 is 5.90. The van der Waals surface area contributed by atoms with Crippen LogP contribution in [0.4, 0.5) is 0 Å². The zero-order chi connectivity index (χ0) is 19.2. The molecule has 5 nitrogen and oxygen atoms in total. The summed E-state index contributed by atoms with van der Waals surface area (Å²) in [5, 5.41) is 12.8. The molecular weight excluding hydrogens is 352 g/mol. The van der Waals surface area contributed by atoms with E-state index in [1.807, 2.05) is 13.8 Å². The van der Waals surface area contributed by atoms with Gasteiger partial charge >= 0.3 is 5.97 Å². The first kappa shape index (κ1) is 20.3. The molecule has 6 heteroatoms. The second-order valence-electron chi connectivity index (χ2n) is 7.18. The fraction of sp³-hybridized carbons (Fsp3) is 0.550. The Kier molecular flexibility index (Phi) is 7.05. The maximum absolute atomic E-state index is 12.5. The van der Waals surface area contributed by atoms with E-state index in [0.29, 0.717) is 17.9 Å². The topological polar surface area (TPSA) is 79.2 Å². The van der Waals surface area contributed by atoms with E-state index in [4.69, 9.17) is 16.3 Å². The van der Waals surface area contributed by atoms with Gasteiger partial charge in [0.05, 0.1) is 12.0 Å². The van der Waals surface area contributed by atoms with Gasteiger partial charge in [0.15, 0.2) is 6.61 Å². The van der Waals surface area contributed by atoms with Gasteiger partial charge in [-0.3, -0.25) is 9.59 Å². The molecule has 0 heterocycles. The molecule has 0 aromatic heterocycles. The van der Waals surface area contributed by atoms with Crippen molar-refractivity contribution in [2.24, 2.45) is 5.92 Å². The number of amides is 1. The molecule has 1 saturated carbocycles. The van der Waals surface area contributed by atoms with Gasteiger partial charge in [0.25, 0.3) is 5.91 Å². The third kappa shape index (κ3) is 5.22. The minimum Gasteiger partial charge on any atom is -0.455 e. The number of hydrogen-bond acceptors (Lipinski definition) is 4. The zero-order valence-electron chi connectivity index (χ0n) is 15.3. The minimum absolute atomic E-state index is 0.00975. The number of nitrogens with one attached hydrogen (secondary N) is 1. The van der Waals surface area contributed by atoms with Crippen molar-refractivity contribution in [3.63, 3.8) is 0 Å². The molecule has 0 spiro atoms. The number of carbonyl (C=O) groups is 2. The van der Waals surface area contributed by atoms with Crippen LogP contribution in [0.3, 0.4) is 0 Å². The molecule has 1 aliphatic carbocycles. The van der Waals surface area contributed by atoms with Crippen molar-refractivity contribution >= 4 is 23.5 Å². The number of hydrogen-bond donors (Lipinski definition) is 1. The molecule has 1 N–H and O–H groups in total. The number of halogens is 1. The number of nitrogens with zero attached hydrogens (tertiary/aromatic N) is 1. The molecule has 1 fully saturated rings. The van der Waals surface area contributed by atoms with E-state index < -0.39 is 23.3 Å². The lowest BCUT2D eigenvalue weighted by Crippen LogP contribution is -2.50. The Labute approximate surface area is 159 Å². The quantitative estimate of drug-likeness (QED) is 0.762. The third-order valence-electron chi connectivity index (χ3n) is 4.80. The van der Waals surface area contributed by atoms with Crippen LogP contribution >= 0.6 is 11.6 Å². The monoisotopic (exact) mass is 376 g/mol. The van der Waals surface area contributed by atoms with Crippen LogP contribution in [0.2, 0.25) is 5.02 Å². The number of carbonyl (C=O) groups excluding carboxylic acids is 2. The van der Waals surface area contributed by atoms with Gasteiger partial charge in [0.1, 0.15) is 5.54 Å². The van der Waals surface area contributed by atoms with Gasteiger partial charge in [-0.2, -0.15) is 5.26 Å². The molecule has 1 aromatic rings. The first-order chi connectivity index (χ1) is 12.4. The molecule has 1 atom stereocenters. The molecule has 0 aliphatic heterocycles. The Morgan fingerprint density at radius 1 is 1.23 bits per heavy atom. The van der Waals surface area contributed by atoms with Gasteiger partial charge in [-0.25, -0.2) is 0 Å². The summed E-state index contributed by atoms with van der Waals surface area (Å²) in [5.74, 6) is -1.34. The predicted molar refractivity (Wildman–Crippen MR) is 99.6 cm³/mol. The molecule has 0 radical (unpaired) electrons. The average Bonchev–Trinajstić information content (AvgIpc) is 2.62. The van der Waals surface area contributed by atoms with Crippen molar-refractivity contribution < 1.29 is 14.3 Å². The van der Waals surface area contributed by atoms with E-state index in [0.717, 1.165) is 24.8 Å². The van der Waals surface area contributed by atoms with E-state index >= 15 is 0 Å². The summed E-state index contributed by atoms with van der Waals surface area (Å²) in [4.78, 5) is 24.7. The number of nitriles is 1. The second kappa shape index (κ2) is 9.05. The van der Waals surface area contributed by atoms with E-state index in [1.54, 1.807) is 24.3 Å². The average molecular weight is 377 g/mol. The van der Waals surface area contributed by atoms with Gasteiger partial charge in [-0.1, -0.05) is 56.8 Å². The lowest BCUT2D eigenvalue weighted by molar-refractivity contribution is -0.151. The number of rotatable bonds is 6. The summed E-state index contributed by atoms with van der Waals surface area (Å²) in [6.45, 7) is 3.47. The highest BCUT2D eigenvalue weighted by Crippen LogP contribution is 2.28. The number of benzene rings is 1. The number of esters is 1. The molecule has 26 heavy (non-hydrogen) atoms. The summed E-state index contributed by atoms with van der Waals surface area (Å²) in [6.07, 6.45) is 4.19. The van der Waals surface area contributed by atoms with Gasteiger partial charge in [0.2, 0.25) is 0 Å². The van der Waals surface area contributed by atoms with E-state index in [2.05, 4.69) is 11.4 Å². The van der Waals surface area contributed by atoms with Crippen LogP contribution in [0, 0.1) is 17.2 Å². The molecule has 0 saturated heterocycles. The standard InChI is InChI=1S/C20H25ClN2O3/c1-14(2)18(15-6-8-16(21)9-7-15)19(25)26-12-17(24)23-20(13-22)10-4-3-5-11-20/h6-9,14,18H,3-5,10-12H2,1-2H3,(H,23,24)/t18-/m1/s1. The lowest BCUT2D eigenvalue weighted by atomic mass is 9.83. The van der Waals surface area contributed by atoms with Crippen molar-refractivity contribution in [2.45, 2.75) is 57.4 Å². The highest BCUT2D eigenvalue weighted by Gasteiger charge is 2.34. The van der Waals surface area contributed by atoms with Crippen molar-refractivity contribution in [2.75, 3.05) is 6.61 Å². The molecule has 1 aliphatic rings. The van der Waals surface area contributed by atoms with Crippen LogP contribution < -0.4 is 5.32 Å². The Morgan fingerprint density at radius 3 is 2.38 bits per heavy atom. The third-order valence-corrected chi connectivity index (χ3v) is 5.05. The predicted octanol–water partition coefficient (Wildman–Crippen LogP) is 3.97. The van der Waals surface area contributed by atoms with Gasteiger partial charge in [-0.15, -0.1) is 0 Å². The largest absolute Gasteiger partial charge is 0.455 e. The van der Waals surface area contributed by atoms with Crippen LogP contribution in [0.5, 0.6) is 0 Å². The summed E-state index contributed by atoms with van der Waals surface area (Å²) in [7, 11) is 0. The molecule has 140 valence electrons. The fourth-order valence-corrected chi connectivity index (χ4v) is 3.54. The van der Waals surface area contributed by atoms with Gasteiger partial charge in [-0.05, 0) is 36.5 Å². The Bertz CT molecular complexity index is 673. The summed E-state index contributed by atoms with van der Waals surface area (Å²) in [5.41, 5.74) is -0.0226. The molecule has 2 rings (SSSR count). The SMILES string of the molecule is CC(C)[C@@H](C(=O)OCC(=O)NC1(C#N)CCCCC1)c1ccc(Cl)cc1. The number of ether oxygens (including phenoxy) is 1. The zero-order valence-corrected chi connectivity index (χ0v) is 16.0. The van der Waals surface area contributed by atoms with Crippen LogP contribution in [0.1, 0.15) is 57.4 Å². The van der Waals surface area contributed by atoms with Crippen molar-refractivity contribution in [3.05, 3.63) is 34.9 Å². The highest BCUT2D eigenvalue weighted by atomic mass is 35.5. The normalized spacial score (nSPS) is 17.2. The molecule has 0 unspecified atom stereocenters. The smallest absolute Gasteiger partial charge is 0.314 e. The Hall–Kier alpha value is -2.06. The highest BCUT2D eigenvalue weighted by molar-refractivity contribution is 6.30. The summed E-state index contributed by atoms with van der Waals surface area (Å²) < 4.78 is 5.25. The summed E-state index contributed by atoms with van der Waals surface area (Å²) in [6, 6.07) is 9.26. The van der Waals surface area contributed by atoms with Crippen LogP contribution in [0.25, 0.3) is 0 Å². The van der Waals surface area contributed by atoms with Crippen LogP contribution in [-0.4, -0.2) is 24.0 Å². The molecule has 1 amide bonds. The van der Waals surface area contributed by atoms with E-state index in [-0.39, 0.29) is 12.5 Å². The fourth-order valence-electron chi connectivity index (χ4n) is 3.41. The minimum atomic E-state index is -0.824. The Morgan fingerprint density at radius 2 is 1.85 bits per heavy atom. The van der Waals surface area contributed by atoms with Crippen molar-refractivity contribution in [3.8, 4) is 6.07 Å².